The summed E-state index contributed by atoms with van der Waals surface area (Å²) < 4.78 is 0. The van der Waals surface area contributed by atoms with Crippen LogP contribution in [0.25, 0.3) is 0 Å². The molecule has 0 spiro atoms. The van der Waals surface area contributed by atoms with Crippen molar-refractivity contribution in [1.29, 1.82) is 5.26 Å². The van der Waals surface area contributed by atoms with E-state index in [4.69, 9.17) is 5.26 Å². The first-order valence-electron chi connectivity index (χ1n) is 6.50. The van der Waals surface area contributed by atoms with E-state index in [0.717, 1.165) is 31.7 Å². The summed E-state index contributed by atoms with van der Waals surface area (Å²) in [5.74, 6) is 0.670. The number of likely N-dealkylation sites (N-methyl/N-ethyl adjacent to an activating group) is 1. The van der Waals surface area contributed by atoms with Crippen molar-refractivity contribution >= 4 is 11.3 Å². The first-order chi connectivity index (χ1) is 8.60. The fourth-order valence-electron chi connectivity index (χ4n) is 2.54. The summed E-state index contributed by atoms with van der Waals surface area (Å²) in [5, 5.41) is 10.8. The monoisotopic (exact) mass is 263 g/mol. The standard InChI is InChI=1S/C14H21N3S/c1-11(2)14-9-16(3)4-5-17(14)8-13-6-12(7-15)10-18-13/h6,10-11,14H,4-5,8-9H2,1-3H3. The van der Waals surface area contributed by atoms with E-state index in [9.17, 15) is 0 Å². The molecule has 0 bridgehead atoms. The van der Waals surface area contributed by atoms with Crippen LogP contribution in [0.4, 0.5) is 0 Å². The molecule has 0 aromatic carbocycles. The predicted octanol–water partition coefficient (Wildman–Crippen LogP) is 2.39. The summed E-state index contributed by atoms with van der Waals surface area (Å²) in [6.45, 7) is 8.99. The molecule has 2 heterocycles. The van der Waals surface area contributed by atoms with Crippen molar-refractivity contribution in [3.63, 3.8) is 0 Å². The van der Waals surface area contributed by atoms with Crippen LogP contribution in [0.3, 0.4) is 0 Å². The largest absolute Gasteiger partial charge is 0.304 e. The number of hydrogen-bond donors (Lipinski definition) is 0. The van der Waals surface area contributed by atoms with Gasteiger partial charge >= 0.3 is 0 Å². The summed E-state index contributed by atoms with van der Waals surface area (Å²) >= 11 is 1.70. The van der Waals surface area contributed by atoms with Gasteiger partial charge in [-0.2, -0.15) is 5.26 Å². The molecular weight excluding hydrogens is 242 g/mol. The van der Waals surface area contributed by atoms with Gasteiger partial charge in [-0.1, -0.05) is 13.8 Å². The van der Waals surface area contributed by atoms with E-state index >= 15 is 0 Å². The quantitative estimate of drug-likeness (QED) is 0.839. The highest BCUT2D eigenvalue weighted by atomic mass is 32.1. The van der Waals surface area contributed by atoms with Crippen LogP contribution in [-0.4, -0.2) is 42.5 Å². The van der Waals surface area contributed by atoms with Gasteiger partial charge in [0.1, 0.15) is 6.07 Å². The second-order valence-electron chi connectivity index (χ2n) is 5.46. The molecule has 1 aliphatic rings. The third-order valence-electron chi connectivity index (χ3n) is 3.65. The average Bonchev–Trinajstić information content (AvgIpc) is 2.79. The molecule has 2 rings (SSSR count). The molecule has 0 saturated carbocycles. The first kappa shape index (κ1) is 13.5. The summed E-state index contributed by atoms with van der Waals surface area (Å²) in [5.41, 5.74) is 0.797. The molecule has 4 heteroatoms. The fourth-order valence-corrected chi connectivity index (χ4v) is 3.38. The molecule has 3 nitrogen and oxygen atoms in total. The molecule has 1 saturated heterocycles. The first-order valence-corrected chi connectivity index (χ1v) is 7.38. The summed E-state index contributed by atoms with van der Waals surface area (Å²) in [6.07, 6.45) is 0. The van der Waals surface area contributed by atoms with Crippen LogP contribution in [0.1, 0.15) is 24.3 Å². The van der Waals surface area contributed by atoms with Crippen LogP contribution < -0.4 is 0 Å². The Morgan fingerprint density at radius 3 is 2.89 bits per heavy atom. The molecule has 1 fully saturated rings. The van der Waals surface area contributed by atoms with E-state index in [0.29, 0.717) is 12.0 Å². The number of nitriles is 1. The van der Waals surface area contributed by atoms with Crippen molar-refractivity contribution in [2.45, 2.75) is 26.4 Å². The Morgan fingerprint density at radius 1 is 1.50 bits per heavy atom. The molecule has 1 aliphatic heterocycles. The lowest BCUT2D eigenvalue weighted by molar-refractivity contribution is 0.0579. The Kier molecular flexibility index (Phi) is 4.39. The van der Waals surface area contributed by atoms with Crippen LogP contribution in [-0.2, 0) is 6.54 Å². The Hall–Kier alpha value is -0.890. The minimum Gasteiger partial charge on any atom is -0.304 e. The lowest BCUT2D eigenvalue weighted by atomic mass is 10.00. The topological polar surface area (TPSA) is 30.3 Å². The van der Waals surface area contributed by atoms with E-state index < -0.39 is 0 Å². The third-order valence-corrected chi connectivity index (χ3v) is 4.57. The molecule has 1 unspecified atom stereocenters. The number of hydrogen-bond acceptors (Lipinski definition) is 4. The van der Waals surface area contributed by atoms with Gasteiger partial charge < -0.3 is 4.90 Å². The molecule has 0 radical (unpaired) electrons. The van der Waals surface area contributed by atoms with E-state index in [1.807, 2.05) is 11.4 Å². The number of nitrogens with zero attached hydrogens (tertiary/aromatic N) is 3. The van der Waals surface area contributed by atoms with Gasteiger partial charge in [0.15, 0.2) is 0 Å². The Morgan fingerprint density at radius 2 is 2.28 bits per heavy atom. The van der Waals surface area contributed by atoms with Crippen LogP contribution in [0, 0.1) is 17.2 Å². The van der Waals surface area contributed by atoms with Crippen LogP contribution in [0.2, 0.25) is 0 Å². The lowest BCUT2D eigenvalue weighted by Crippen LogP contribution is -2.53. The van der Waals surface area contributed by atoms with Crippen LogP contribution >= 0.6 is 11.3 Å². The molecule has 0 aliphatic carbocycles. The smallest absolute Gasteiger partial charge is 0.100 e. The maximum atomic E-state index is 8.87. The van der Waals surface area contributed by atoms with Crippen molar-refractivity contribution < 1.29 is 0 Å². The van der Waals surface area contributed by atoms with Gasteiger partial charge in [0.25, 0.3) is 0 Å². The molecule has 18 heavy (non-hydrogen) atoms. The maximum Gasteiger partial charge on any atom is 0.100 e. The summed E-state index contributed by atoms with van der Waals surface area (Å²) in [4.78, 5) is 6.29. The van der Waals surface area contributed by atoms with Gasteiger partial charge in [0, 0.05) is 42.5 Å². The van der Waals surface area contributed by atoms with Crippen LogP contribution in [0.5, 0.6) is 0 Å². The van der Waals surface area contributed by atoms with Gasteiger partial charge in [-0.3, -0.25) is 4.90 Å². The number of piperazine rings is 1. The van der Waals surface area contributed by atoms with Crippen molar-refractivity contribution in [3.8, 4) is 6.07 Å². The van der Waals surface area contributed by atoms with E-state index in [1.54, 1.807) is 11.3 Å². The molecule has 98 valence electrons. The zero-order valence-corrected chi connectivity index (χ0v) is 12.2. The molecule has 1 aromatic heterocycles. The van der Waals surface area contributed by atoms with Gasteiger partial charge in [-0.25, -0.2) is 0 Å². The van der Waals surface area contributed by atoms with Gasteiger partial charge in [-0.15, -0.1) is 11.3 Å². The Bertz CT molecular complexity index is 432. The Labute approximate surface area is 114 Å². The number of rotatable bonds is 3. The van der Waals surface area contributed by atoms with Crippen molar-refractivity contribution in [1.82, 2.24) is 9.80 Å². The highest BCUT2D eigenvalue weighted by Crippen LogP contribution is 2.22. The Balaban J connectivity index is 2.04. The molecule has 1 aromatic rings. The molecule has 0 N–H and O–H groups in total. The van der Waals surface area contributed by atoms with Crippen molar-refractivity contribution in [3.05, 3.63) is 21.9 Å². The van der Waals surface area contributed by atoms with Gasteiger partial charge in [-0.05, 0) is 19.0 Å². The van der Waals surface area contributed by atoms with E-state index in [1.165, 1.54) is 4.88 Å². The second kappa shape index (κ2) is 5.83. The van der Waals surface area contributed by atoms with Crippen molar-refractivity contribution in [2.24, 2.45) is 5.92 Å². The van der Waals surface area contributed by atoms with Gasteiger partial charge in [0.2, 0.25) is 0 Å². The highest BCUT2D eigenvalue weighted by molar-refractivity contribution is 7.10. The predicted molar refractivity (Wildman–Crippen MR) is 75.6 cm³/mol. The normalized spacial score (nSPS) is 22.3. The SMILES string of the molecule is CC(C)C1CN(C)CCN1Cc1cc(C#N)cs1. The maximum absolute atomic E-state index is 8.87. The lowest BCUT2D eigenvalue weighted by Gasteiger charge is -2.42. The van der Waals surface area contributed by atoms with Crippen LogP contribution in [0.15, 0.2) is 11.4 Å². The van der Waals surface area contributed by atoms with E-state index in [-0.39, 0.29) is 0 Å². The summed E-state index contributed by atoms with van der Waals surface area (Å²) in [6, 6.07) is 4.86. The summed E-state index contributed by atoms with van der Waals surface area (Å²) in [7, 11) is 2.20. The minimum atomic E-state index is 0.622. The third kappa shape index (κ3) is 3.11. The average molecular weight is 263 g/mol. The minimum absolute atomic E-state index is 0.622. The number of thiophene rings is 1. The molecule has 1 atom stereocenters. The zero-order valence-electron chi connectivity index (χ0n) is 11.4. The van der Waals surface area contributed by atoms with E-state index in [2.05, 4.69) is 36.8 Å². The fraction of sp³-hybridized carbons (Fsp3) is 0.643. The highest BCUT2D eigenvalue weighted by Gasteiger charge is 2.27. The zero-order chi connectivity index (χ0) is 13.1. The second-order valence-corrected chi connectivity index (χ2v) is 6.45. The molecule has 0 amide bonds. The van der Waals surface area contributed by atoms with Gasteiger partial charge in [0.05, 0.1) is 5.56 Å². The van der Waals surface area contributed by atoms with Crippen molar-refractivity contribution in [2.75, 3.05) is 26.7 Å². The molecular formula is C14H21N3S.